The molecule has 0 aliphatic carbocycles. The lowest BCUT2D eigenvalue weighted by atomic mass is 9.84. The van der Waals surface area contributed by atoms with Gasteiger partial charge in [0.2, 0.25) is 5.88 Å². The van der Waals surface area contributed by atoms with Gasteiger partial charge in [0.15, 0.2) is 0 Å². The molecule has 2 aromatic heterocycles. The second-order valence-corrected chi connectivity index (χ2v) is 7.27. The first kappa shape index (κ1) is 22.5. The highest BCUT2D eigenvalue weighted by Crippen LogP contribution is 2.36. The van der Waals surface area contributed by atoms with Crippen LogP contribution in [0.4, 0.5) is 13.2 Å². The number of aromatic nitrogens is 3. The van der Waals surface area contributed by atoms with Crippen LogP contribution in [0.15, 0.2) is 36.7 Å². The summed E-state index contributed by atoms with van der Waals surface area (Å²) in [6, 6.07) is 7.38. The molecule has 1 amide bonds. The molecule has 4 heterocycles. The molecule has 2 aromatic rings. The quantitative estimate of drug-likeness (QED) is 0.774. The number of rotatable bonds is 3. The number of carbonyl (C=O) groups excluding carboxylic acids is 1. The monoisotopic (exact) mass is 442 g/mol. The lowest BCUT2D eigenvalue weighted by molar-refractivity contribution is -0.192. The lowest BCUT2D eigenvalue weighted by Gasteiger charge is -2.52. The maximum Gasteiger partial charge on any atom is 0.490 e. The van der Waals surface area contributed by atoms with Crippen molar-refractivity contribution >= 4 is 11.9 Å². The van der Waals surface area contributed by atoms with Crippen molar-refractivity contribution in [1.29, 1.82) is 0 Å². The summed E-state index contributed by atoms with van der Waals surface area (Å²) < 4.78 is 45.3. The van der Waals surface area contributed by atoms with E-state index in [1.165, 1.54) is 0 Å². The third-order valence-electron chi connectivity index (χ3n) is 4.79. The van der Waals surface area contributed by atoms with Gasteiger partial charge < -0.3 is 19.5 Å². The molecule has 1 N–H and O–H groups in total. The number of aryl methyl sites for hydroxylation is 1. The average molecular weight is 442 g/mol. The number of nitrogens with zero attached hydrogens (tertiary/aromatic N) is 4. The largest absolute Gasteiger partial charge is 0.490 e. The summed E-state index contributed by atoms with van der Waals surface area (Å²) in [4.78, 5) is 27.3. The Morgan fingerprint density at radius 2 is 2.00 bits per heavy atom. The number of carboxylic acid groups (broad SMARTS) is 1. The second-order valence-electron chi connectivity index (χ2n) is 7.27. The molecule has 12 heteroatoms. The summed E-state index contributed by atoms with van der Waals surface area (Å²) in [5.41, 5.74) is 0.187. The lowest BCUT2D eigenvalue weighted by Crippen LogP contribution is -2.67. The average Bonchev–Trinajstić information content (AvgIpc) is 3.12. The Balaban J connectivity index is 0.000000339. The van der Waals surface area contributed by atoms with Gasteiger partial charge in [0.1, 0.15) is 17.4 Å². The Morgan fingerprint density at radius 1 is 1.29 bits per heavy atom. The van der Waals surface area contributed by atoms with Crippen molar-refractivity contribution in [1.82, 2.24) is 19.7 Å². The van der Waals surface area contributed by atoms with Crippen LogP contribution in [0.1, 0.15) is 23.3 Å². The number of likely N-dealkylation sites (tertiary alicyclic amines) is 1. The molecule has 2 aliphatic heterocycles. The third kappa shape index (κ3) is 5.72. The maximum absolute atomic E-state index is 12.4. The fraction of sp³-hybridized carbons (Fsp3) is 0.474. The van der Waals surface area contributed by atoms with Crippen molar-refractivity contribution in [2.75, 3.05) is 19.7 Å². The van der Waals surface area contributed by atoms with Gasteiger partial charge in [-0.25, -0.2) is 9.78 Å². The van der Waals surface area contributed by atoms with E-state index in [1.807, 2.05) is 18.2 Å². The zero-order valence-corrected chi connectivity index (χ0v) is 16.6. The van der Waals surface area contributed by atoms with Gasteiger partial charge in [0.05, 0.1) is 19.7 Å². The Bertz CT molecular complexity index is 913. The molecule has 2 aliphatic rings. The Hall–Kier alpha value is -3.15. The van der Waals surface area contributed by atoms with E-state index in [4.69, 9.17) is 19.4 Å². The Labute approximate surface area is 175 Å². The topological polar surface area (TPSA) is 107 Å². The number of hydrogen-bond donors (Lipinski definition) is 1. The molecule has 0 radical (unpaired) electrons. The van der Waals surface area contributed by atoms with Gasteiger partial charge in [-0.2, -0.15) is 18.3 Å². The van der Waals surface area contributed by atoms with Gasteiger partial charge in [-0.1, -0.05) is 6.07 Å². The number of ether oxygens (including phenoxy) is 2. The minimum Gasteiger partial charge on any atom is -0.475 e. The Morgan fingerprint density at radius 3 is 2.55 bits per heavy atom. The van der Waals surface area contributed by atoms with Crippen molar-refractivity contribution in [2.24, 2.45) is 7.05 Å². The van der Waals surface area contributed by atoms with Gasteiger partial charge in [0.25, 0.3) is 5.91 Å². The molecule has 0 aromatic carbocycles. The number of hydrogen-bond acceptors (Lipinski definition) is 6. The zero-order chi connectivity index (χ0) is 22.6. The van der Waals surface area contributed by atoms with E-state index in [0.717, 1.165) is 12.8 Å². The number of pyridine rings is 1. The molecule has 1 spiro atoms. The van der Waals surface area contributed by atoms with Gasteiger partial charge in [-0.05, 0) is 12.1 Å². The zero-order valence-electron chi connectivity index (χ0n) is 16.6. The van der Waals surface area contributed by atoms with Crippen LogP contribution >= 0.6 is 0 Å². The van der Waals surface area contributed by atoms with Gasteiger partial charge in [-0.15, -0.1) is 0 Å². The van der Waals surface area contributed by atoms with E-state index < -0.39 is 12.1 Å². The van der Waals surface area contributed by atoms with Crippen LogP contribution < -0.4 is 4.74 Å². The van der Waals surface area contributed by atoms with Crippen LogP contribution in [0.2, 0.25) is 0 Å². The first-order valence-electron chi connectivity index (χ1n) is 9.39. The summed E-state index contributed by atoms with van der Waals surface area (Å²) in [6.07, 6.45) is 0.0977. The standard InChI is InChI=1S/C17H20N4O3.C2HF3O2/c1-20-8-5-14(19-20)16(22)21-11-17(12-21)10-13(6-9-23-17)24-15-4-2-3-7-18-15;3-2(4,5)1(6)7/h2-5,7-8,13H,6,9-12H2,1H3;(H,6,7). The van der Waals surface area contributed by atoms with Crippen LogP contribution in [-0.2, 0) is 16.6 Å². The summed E-state index contributed by atoms with van der Waals surface area (Å²) in [5, 5.41) is 11.3. The highest BCUT2D eigenvalue weighted by Gasteiger charge is 2.50. The van der Waals surface area contributed by atoms with Crippen molar-refractivity contribution in [3.8, 4) is 5.88 Å². The summed E-state index contributed by atoms with van der Waals surface area (Å²) in [7, 11) is 1.80. The first-order chi connectivity index (χ1) is 14.6. The van der Waals surface area contributed by atoms with Crippen molar-refractivity contribution < 1.29 is 37.3 Å². The van der Waals surface area contributed by atoms with Crippen LogP contribution in [0.25, 0.3) is 0 Å². The summed E-state index contributed by atoms with van der Waals surface area (Å²) in [5.74, 6) is -2.16. The van der Waals surface area contributed by atoms with Crippen molar-refractivity contribution in [2.45, 2.75) is 30.7 Å². The van der Waals surface area contributed by atoms with Crippen molar-refractivity contribution in [3.63, 3.8) is 0 Å². The summed E-state index contributed by atoms with van der Waals surface area (Å²) >= 11 is 0. The second kappa shape index (κ2) is 8.92. The molecule has 1 unspecified atom stereocenters. The third-order valence-corrected chi connectivity index (χ3v) is 4.79. The van der Waals surface area contributed by atoms with E-state index in [0.29, 0.717) is 31.3 Å². The van der Waals surface area contributed by atoms with Gasteiger partial charge in [0, 0.05) is 38.3 Å². The van der Waals surface area contributed by atoms with Crippen LogP contribution in [0.5, 0.6) is 5.88 Å². The van der Waals surface area contributed by atoms with E-state index in [2.05, 4.69) is 10.1 Å². The number of aliphatic carboxylic acids is 1. The molecule has 2 fully saturated rings. The van der Waals surface area contributed by atoms with Crippen molar-refractivity contribution in [3.05, 3.63) is 42.4 Å². The van der Waals surface area contributed by atoms with Crippen LogP contribution in [-0.4, -0.2) is 74.2 Å². The first-order valence-corrected chi connectivity index (χ1v) is 9.39. The van der Waals surface area contributed by atoms with E-state index in [9.17, 15) is 18.0 Å². The van der Waals surface area contributed by atoms with Gasteiger partial charge >= 0.3 is 12.1 Å². The fourth-order valence-corrected chi connectivity index (χ4v) is 3.38. The molecule has 168 valence electrons. The minimum atomic E-state index is -5.08. The normalized spacial score (nSPS) is 19.7. The molecule has 0 bridgehead atoms. The maximum atomic E-state index is 12.4. The van der Waals surface area contributed by atoms with E-state index in [1.54, 1.807) is 35.1 Å². The SMILES string of the molecule is Cn1ccc(C(=O)N2CC3(CC(Oc4ccccn4)CCO3)C2)n1.O=C(O)C(F)(F)F. The van der Waals surface area contributed by atoms with E-state index >= 15 is 0 Å². The molecule has 9 nitrogen and oxygen atoms in total. The molecule has 0 saturated carbocycles. The summed E-state index contributed by atoms with van der Waals surface area (Å²) in [6.45, 7) is 1.82. The predicted octanol–water partition coefficient (Wildman–Crippen LogP) is 1.90. The molecule has 31 heavy (non-hydrogen) atoms. The highest BCUT2D eigenvalue weighted by molar-refractivity contribution is 5.93. The number of carbonyl (C=O) groups is 2. The van der Waals surface area contributed by atoms with Crippen LogP contribution in [0, 0.1) is 0 Å². The molecular formula is C19H21F3N4O5. The van der Waals surface area contributed by atoms with Gasteiger partial charge in [-0.3, -0.25) is 9.48 Å². The minimum absolute atomic E-state index is 0.0439. The predicted molar refractivity (Wildman–Crippen MR) is 99.4 cm³/mol. The molecule has 4 rings (SSSR count). The molecule has 2 saturated heterocycles. The Kier molecular flexibility index (Phi) is 6.48. The number of alkyl halides is 3. The van der Waals surface area contributed by atoms with E-state index in [-0.39, 0.29) is 17.6 Å². The molecular weight excluding hydrogens is 421 g/mol. The molecule has 1 atom stereocenters. The van der Waals surface area contributed by atoms with Crippen LogP contribution in [0.3, 0.4) is 0 Å². The fourth-order valence-electron chi connectivity index (χ4n) is 3.38. The number of carboxylic acids is 1. The number of halogens is 3. The smallest absolute Gasteiger partial charge is 0.475 e. The highest BCUT2D eigenvalue weighted by atomic mass is 19.4. The number of amides is 1.